The minimum atomic E-state index is -3.40. The quantitative estimate of drug-likeness (QED) is 0.211. The van der Waals surface area contributed by atoms with Crippen LogP contribution in [0.4, 0.5) is 0 Å². The second kappa shape index (κ2) is 12.8. The summed E-state index contributed by atoms with van der Waals surface area (Å²) < 4.78 is 28.7. The van der Waals surface area contributed by atoms with Gasteiger partial charge in [0.15, 0.2) is 0 Å². The molecule has 6 N–H and O–H groups in total. The zero-order chi connectivity index (χ0) is 28.8. The van der Waals surface area contributed by atoms with Crippen LogP contribution < -0.4 is 15.4 Å². The van der Waals surface area contributed by atoms with Gasteiger partial charge in [0.25, 0.3) is 5.91 Å². The van der Waals surface area contributed by atoms with E-state index < -0.39 is 58.9 Å². The number of ether oxygens (including phenoxy) is 1. The average molecular weight is 563 g/mol. The number of aliphatic carboxylic acids is 2. The van der Waals surface area contributed by atoms with Gasteiger partial charge in [-0.1, -0.05) is 57.0 Å². The predicted molar refractivity (Wildman–Crippen MR) is 149 cm³/mol. The predicted octanol–water partition coefficient (Wildman–Crippen LogP) is 4.88. The van der Waals surface area contributed by atoms with Crippen LogP contribution >= 0.6 is 10.6 Å². The summed E-state index contributed by atoms with van der Waals surface area (Å²) in [6, 6.07) is 11.0. The molecule has 1 aliphatic rings. The lowest BCUT2D eigenvalue weighted by Gasteiger charge is -2.42. The zero-order valence-corrected chi connectivity index (χ0v) is 23.3. The maximum absolute atomic E-state index is 13.3. The lowest BCUT2D eigenvalue weighted by Crippen LogP contribution is -2.49. The molecular weight excluding hydrogens is 524 g/mol. The van der Waals surface area contributed by atoms with Crippen LogP contribution in [0.25, 0.3) is 0 Å². The van der Waals surface area contributed by atoms with Crippen LogP contribution in [0.3, 0.4) is 0 Å². The maximum atomic E-state index is 13.3. The van der Waals surface area contributed by atoms with E-state index in [1.165, 1.54) is 13.2 Å². The monoisotopic (exact) mass is 562 g/mol. The molecule has 1 amide bonds. The first kappa shape index (κ1) is 30.4. The Kier molecular flexibility index (Phi) is 10.0. The van der Waals surface area contributed by atoms with Gasteiger partial charge in [0.2, 0.25) is 0 Å². The molecule has 0 aromatic heterocycles. The first-order chi connectivity index (χ1) is 18.4. The van der Waals surface area contributed by atoms with Gasteiger partial charge < -0.3 is 20.3 Å². The van der Waals surface area contributed by atoms with Gasteiger partial charge in [-0.2, -0.15) is 10.6 Å². The molecule has 0 saturated heterocycles. The molecule has 2 aromatic rings. The number of hydrogen-bond acceptors (Lipinski definition) is 7. The van der Waals surface area contributed by atoms with Gasteiger partial charge in [-0.15, -0.1) is 0 Å². The number of amides is 1. The summed E-state index contributed by atoms with van der Waals surface area (Å²) in [7, 11) is -2.03. The van der Waals surface area contributed by atoms with Gasteiger partial charge in [-0.3, -0.25) is 28.8 Å². The van der Waals surface area contributed by atoms with Crippen molar-refractivity contribution in [1.82, 2.24) is 10.6 Å². The number of benzene rings is 2. The van der Waals surface area contributed by atoms with Crippen molar-refractivity contribution in [3.63, 3.8) is 0 Å². The van der Waals surface area contributed by atoms with Crippen LogP contribution in [0.15, 0.2) is 47.4 Å². The van der Waals surface area contributed by atoms with E-state index in [2.05, 4.69) is 17.6 Å². The summed E-state index contributed by atoms with van der Waals surface area (Å²) in [6.07, 6.45) is 2.03. The van der Waals surface area contributed by atoms with Crippen molar-refractivity contribution in [2.45, 2.75) is 74.9 Å². The van der Waals surface area contributed by atoms with E-state index in [1.54, 1.807) is 6.07 Å². The molecule has 0 radical (unpaired) electrons. The third-order valence-corrected chi connectivity index (χ3v) is 9.18. The highest BCUT2D eigenvalue weighted by atomic mass is 32.3. The second-order valence-corrected chi connectivity index (χ2v) is 12.1. The number of hydrogen-bond donors (Lipinski definition) is 6. The smallest absolute Gasteiger partial charge is 0.305 e. The van der Waals surface area contributed by atoms with E-state index in [1.807, 2.05) is 37.3 Å². The first-order valence-corrected chi connectivity index (χ1v) is 14.7. The topological polar surface area (TPSA) is 165 Å². The summed E-state index contributed by atoms with van der Waals surface area (Å²) in [4.78, 5) is 36.0. The largest absolute Gasteiger partial charge is 0.496 e. The highest BCUT2D eigenvalue weighted by Crippen LogP contribution is 2.58. The van der Waals surface area contributed by atoms with Gasteiger partial charge in [0, 0.05) is 11.1 Å². The van der Waals surface area contributed by atoms with E-state index in [-0.39, 0.29) is 22.0 Å². The molecule has 3 rings (SSSR count). The second-order valence-electron chi connectivity index (χ2n) is 9.99. The SMILES string of the molecule is CCCC[C@]1(CC)CS(O)(O)c2cc(C(=O)NC(CC(=O)O)CC(=O)O)c(OC)cc2[C@@H](c2ccccc2)N1. The molecule has 0 fully saturated rings. The molecule has 0 unspecified atom stereocenters. The van der Waals surface area contributed by atoms with E-state index in [9.17, 15) is 33.7 Å². The number of nitrogens with one attached hydrogen (secondary N) is 2. The van der Waals surface area contributed by atoms with Gasteiger partial charge in [-0.25, -0.2) is 0 Å². The Balaban J connectivity index is 2.16. The molecule has 0 bridgehead atoms. The Morgan fingerprint density at radius 1 is 1.10 bits per heavy atom. The Labute approximate surface area is 230 Å². The normalized spacial score (nSPS) is 20.9. The van der Waals surface area contributed by atoms with Gasteiger partial charge >= 0.3 is 11.9 Å². The van der Waals surface area contributed by atoms with Crippen LogP contribution in [-0.2, 0) is 9.59 Å². The number of carbonyl (C=O) groups is 3. The van der Waals surface area contributed by atoms with Crippen LogP contribution in [0.5, 0.6) is 5.75 Å². The molecule has 0 saturated carbocycles. The maximum Gasteiger partial charge on any atom is 0.305 e. The fourth-order valence-corrected chi connectivity index (χ4v) is 7.35. The fraction of sp³-hybridized carbons (Fsp3) is 0.464. The van der Waals surface area contributed by atoms with Gasteiger partial charge in [0.05, 0.1) is 48.2 Å². The van der Waals surface area contributed by atoms with Crippen LogP contribution in [0.1, 0.15) is 79.9 Å². The Morgan fingerprint density at radius 3 is 2.28 bits per heavy atom. The third-order valence-electron chi connectivity index (χ3n) is 7.16. The number of methoxy groups -OCH3 is 1. The zero-order valence-electron chi connectivity index (χ0n) is 22.5. The summed E-state index contributed by atoms with van der Waals surface area (Å²) in [5, 5.41) is 24.5. The fourth-order valence-electron chi connectivity index (χ4n) is 5.13. The lowest BCUT2D eigenvalue weighted by molar-refractivity contribution is -0.139. The van der Waals surface area contributed by atoms with Gasteiger partial charge in [-0.05, 0) is 30.5 Å². The molecule has 39 heavy (non-hydrogen) atoms. The van der Waals surface area contributed by atoms with Crippen LogP contribution in [0, 0.1) is 0 Å². The number of carbonyl (C=O) groups excluding carboxylic acids is 1. The van der Waals surface area contributed by atoms with Crippen molar-refractivity contribution in [3.8, 4) is 5.75 Å². The Morgan fingerprint density at radius 2 is 1.74 bits per heavy atom. The molecule has 2 aromatic carbocycles. The number of carboxylic acid groups (broad SMARTS) is 2. The molecule has 1 aliphatic heterocycles. The van der Waals surface area contributed by atoms with E-state index >= 15 is 0 Å². The summed E-state index contributed by atoms with van der Waals surface area (Å²) in [6.45, 7) is 4.10. The minimum Gasteiger partial charge on any atom is -0.496 e. The summed E-state index contributed by atoms with van der Waals surface area (Å²) in [5.74, 6) is -3.08. The molecule has 11 heteroatoms. The molecule has 0 spiro atoms. The van der Waals surface area contributed by atoms with Crippen LogP contribution in [0.2, 0.25) is 0 Å². The molecule has 0 aliphatic carbocycles. The number of unbranched alkanes of at least 4 members (excludes halogenated alkanes) is 1. The summed E-state index contributed by atoms with van der Waals surface area (Å²) in [5.41, 5.74) is 0.848. The standard InChI is InChI=1S/C28H38N2O8S/c1-4-6-12-28(5-2)17-39(36,37)23-16-20(27(35)29-19(13-24(31)32)14-25(33)34)22(38-3)15-21(23)26(30-28)18-10-8-7-9-11-18/h7-11,15-16,19,26,30,36-37H,4-6,12-14,17H2,1-3H3,(H,29,35)(H,31,32)(H,33,34)/t26-,28-/m1/s1. The van der Waals surface area contributed by atoms with Crippen molar-refractivity contribution in [1.29, 1.82) is 0 Å². The van der Waals surface area contributed by atoms with Gasteiger partial charge in [0.1, 0.15) is 5.75 Å². The molecular formula is C28H38N2O8S. The van der Waals surface area contributed by atoms with Crippen LogP contribution in [-0.4, -0.2) is 61.6 Å². The third kappa shape index (κ3) is 7.30. The highest BCUT2D eigenvalue weighted by molar-refractivity contribution is 8.24. The number of carboxylic acids is 2. The van der Waals surface area contributed by atoms with E-state index in [4.69, 9.17) is 4.74 Å². The molecule has 10 nitrogen and oxygen atoms in total. The Bertz CT molecular complexity index is 1170. The lowest BCUT2D eigenvalue weighted by atomic mass is 9.88. The van der Waals surface area contributed by atoms with Crippen molar-refractivity contribution in [3.05, 3.63) is 59.2 Å². The van der Waals surface area contributed by atoms with Crippen molar-refractivity contribution in [2.24, 2.45) is 0 Å². The Hall–Kier alpha value is -3.12. The van der Waals surface area contributed by atoms with E-state index in [0.29, 0.717) is 12.0 Å². The average Bonchev–Trinajstić information content (AvgIpc) is 2.98. The van der Waals surface area contributed by atoms with Crippen molar-refractivity contribution < 1.29 is 38.4 Å². The van der Waals surface area contributed by atoms with Crippen molar-refractivity contribution in [2.75, 3.05) is 12.9 Å². The molecule has 1 heterocycles. The first-order valence-electron chi connectivity index (χ1n) is 13.0. The van der Waals surface area contributed by atoms with E-state index in [0.717, 1.165) is 24.8 Å². The molecule has 2 atom stereocenters. The summed E-state index contributed by atoms with van der Waals surface area (Å²) >= 11 is 0. The highest BCUT2D eigenvalue weighted by Gasteiger charge is 2.42. The number of rotatable bonds is 12. The molecule has 214 valence electrons. The number of fused-ring (bicyclic) bond motifs is 1. The minimum absolute atomic E-state index is 0.0404. The van der Waals surface area contributed by atoms with Crippen molar-refractivity contribution >= 4 is 28.4 Å².